The van der Waals surface area contributed by atoms with Gasteiger partial charge in [-0.2, -0.15) is 5.26 Å². The summed E-state index contributed by atoms with van der Waals surface area (Å²) in [6.45, 7) is 0.477. The molecule has 5 nitrogen and oxygen atoms in total. The average Bonchev–Trinajstić information content (AvgIpc) is 3.41. The van der Waals surface area contributed by atoms with Crippen molar-refractivity contribution in [2.24, 2.45) is 5.92 Å². The molecule has 2 aliphatic carbocycles. The smallest absolute Gasteiger partial charge is 0.309 e. The molecule has 2 unspecified atom stereocenters. The molecule has 2 saturated carbocycles. The first kappa shape index (κ1) is 15.0. The van der Waals surface area contributed by atoms with Crippen LogP contribution in [0.3, 0.4) is 0 Å². The van der Waals surface area contributed by atoms with Crippen molar-refractivity contribution in [1.29, 1.82) is 5.26 Å². The highest BCUT2D eigenvalue weighted by molar-refractivity contribution is 5.71. The minimum atomic E-state index is -0.782. The van der Waals surface area contributed by atoms with E-state index in [0.29, 0.717) is 24.2 Å². The Morgan fingerprint density at radius 3 is 2.36 bits per heavy atom. The zero-order chi connectivity index (χ0) is 15.5. The third-order valence-electron chi connectivity index (χ3n) is 4.31. The number of nitrogens with one attached hydrogen (secondary N) is 2. The van der Waals surface area contributed by atoms with Crippen LogP contribution in [-0.4, -0.2) is 29.7 Å². The zero-order valence-electron chi connectivity index (χ0n) is 12.5. The molecule has 3 N–H and O–H groups in total. The van der Waals surface area contributed by atoms with Crippen molar-refractivity contribution in [3.8, 4) is 6.07 Å². The van der Waals surface area contributed by atoms with Gasteiger partial charge in [-0.3, -0.25) is 4.79 Å². The summed E-state index contributed by atoms with van der Waals surface area (Å²) in [5.74, 6) is -1.29. The molecular weight excluding hydrogens is 278 g/mol. The lowest BCUT2D eigenvalue weighted by molar-refractivity contribution is -0.142. The predicted molar refractivity (Wildman–Crippen MR) is 82.2 cm³/mol. The fraction of sp³-hybridized carbons (Fsp3) is 0.529. The van der Waals surface area contributed by atoms with Gasteiger partial charge in [-0.25, -0.2) is 0 Å². The first-order valence-corrected chi connectivity index (χ1v) is 7.89. The van der Waals surface area contributed by atoms with Gasteiger partial charge < -0.3 is 15.7 Å². The molecule has 2 aliphatic rings. The van der Waals surface area contributed by atoms with E-state index < -0.39 is 11.9 Å². The standard InChI is InChI=1S/C17H21N3O2/c18-9-11-1-3-12(4-2-11)16(20-14-7-8-14)15(17(21)22)10-19-13-5-6-13/h1-4,13-16,19-20H,5-8,10H2,(H,21,22). The topological polar surface area (TPSA) is 85.2 Å². The molecule has 2 atom stereocenters. The molecule has 0 amide bonds. The van der Waals surface area contributed by atoms with E-state index in [1.807, 2.05) is 12.1 Å². The molecule has 0 saturated heterocycles. The molecule has 0 aliphatic heterocycles. The Hall–Kier alpha value is -1.90. The number of benzene rings is 1. The third-order valence-corrected chi connectivity index (χ3v) is 4.31. The van der Waals surface area contributed by atoms with Gasteiger partial charge in [-0.1, -0.05) is 12.1 Å². The SMILES string of the molecule is N#Cc1ccc(C(NC2CC2)C(CNC2CC2)C(=O)O)cc1. The average molecular weight is 299 g/mol. The first-order valence-electron chi connectivity index (χ1n) is 7.89. The maximum absolute atomic E-state index is 11.7. The van der Waals surface area contributed by atoms with Crippen molar-refractivity contribution in [3.63, 3.8) is 0 Å². The number of hydrogen-bond acceptors (Lipinski definition) is 4. The maximum atomic E-state index is 11.7. The Balaban J connectivity index is 1.78. The van der Waals surface area contributed by atoms with Gasteiger partial charge in [-0.15, -0.1) is 0 Å². The fourth-order valence-corrected chi connectivity index (χ4v) is 2.64. The lowest BCUT2D eigenvalue weighted by Crippen LogP contribution is -2.40. The van der Waals surface area contributed by atoms with Gasteiger partial charge in [0.1, 0.15) is 0 Å². The molecule has 1 aromatic rings. The first-order chi connectivity index (χ1) is 10.7. The molecule has 0 heterocycles. The Labute approximate surface area is 130 Å². The molecule has 3 rings (SSSR count). The van der Waals surface area contributed by atoms with Crippen LogP contribution in [0, 0.1) is 17.2 Å². The van der Waals surface area contributed by atoms with Crippen LogP contribution in [0.1, 0.15) is 42.9 Å². The molecule has 0 bridgehead atoms. The maximum Gasteiger partial charge on any atom is 0.309 e. The highest BCUT2D eigenvalue weighted by Crippen LogP contribution is 2.30. The lowest BCUT2D eigenvalue weighted by atomic mass is 9.92. The van der Waals surface area contributed by atoms with E-state index in [1.54, 1.807) is 12.1 Å². The summed E-state index contributed by atoms with van der Waals surface area (Å²) in [5, 5.41) is 25.3. The lowest BCUT2D eigenvalue weighted by Gasteiger charge is -2.26. The molecule has 22 heavy (non-hydrogen) atoms. The van der Waals surface area contributed by atoms with Crippen LogP contribution in [0.5, 0.6) is 0 Å². The molecule has 0 spiro atoms. The van der Waals surface area contributed by atoms with Crippen LogP contribution >= 0.6 is 0 Å². The second kappa shape index (κ2) is 6.47. The van der Waals surface area contributed by atoms with Crippen LogP contribution in [0.4, 0.5) is 0 Å². The number of rotatable bonds is 8. The summed E-state index contributed by atoms with van der Waals surface area (Å²) >= 11 is 0. The second-order valence-corrected chi connectivity index (χ2v) is 6.28. The molecule has 116 valence electrons. The van der Waals surface area contributed by atoms with Gasteiger partial charge in [0.2, 0.25) is 0 Å². The highest BCUT2D eigenvalue weighted by atomic mass is 16.4. The van der Waals surface area contributed by atoms with E-state index in [4.69, 9.17) is 5.26 Å². The van der Waals surface area contributed by atoms with Crippen LogP contribution in [0.25, 0.3) is 0 Å². The van der Waals surface area contributed by atoms with Crippen molar-refractivity contribution in [2.75, 3.05) is 6.54 Å². The van der Waals surface area contributed by atoms with Crippen LogP contribution in [0.2, 0.25) is 0 Å². The molecule has 1 aromatic carbocycles. The molecule has 2 fully saturated rings. The van der Waals surface area contributed by atoms with E-state index >= 15 is 0 Å². The van der Waals surface area contributed by atoms with E-state index in [2.05, 4.69) is 16.7 Å². The van der Waals surface area contributed by atoms with E-state index in [0.717, 1.165) is 31.2 Å². The monoisotopic (exact) mass is 299 g/mol. The van der Waals surface area contributed by atoms with Crippen molar-refractivity contribution < 1.29 is 9.90 Å². The predicted octanol–water partition coefficient (Wildman–Crippen LogP) is 1.80. The molecule has 0 aromatic heterocycles. The number of nitrogens with zero attached hydrogens (tertiary/aromatic N) is 1. The Kier molecular flexibility index (Phi) is 4.41. The third kappa shape index (κ3) is 3.85. The second-order valence-electron chi connectivity index (χ2n) is 6.28. The Bertz CT molecular complexity index is 571. The number of carboxylic acid groups (broad SMARTS) is 1. The summed E-state index contributed by atoms with van der Waals surface area (Å²) < 4.78 is 0. The Morgan fingerprint density at radius 2 is 1.86 bits per heavy atom. The van der Waals surface area contributed by atoms with Crippen molar-refractivity contribution in [1.82, 2.24) is 10.6 Å². The molecular formula is C17H21N3O2. The molecule has 5 heteroatoms. The minimum Gasteiger partial charge on any atom is -0.481 e. The van der Waals surface area contributed by atoms with Gasteiger partial charge in [-0.05, 0) is 43.4 Å². The highest BCUT2D eigenvalue weighted by Gasteiger charge is 2.35. The summed E-state index contributed by atoms with van der Waals surface area (Å²) in [6.07, 6.45) is 4.50. The van der Waals surface area contributed by atoms with Gasteiger partial charge in [0.25, 0.3) is 0 Å². The van der Waals surface area contributed by atoms with Crippen molar-refractivity contribution in [2.45, 2.75) is 43.8 Å². The number of carboxylic acids is 1. The summed E-state index contributed by atoms with van der Waals surface area (Å²) in [7, 11) is 0. The summed E-state index contributed by atoms with van der Waals surface area (Å²) in [4.78, 5) is 11.7. The Morgan fingerprint density at radius 1 is 1.23 bits per heavy atom. The van der Waals surface area contributed by atoms with Crippen molar-refractivity contribution in [3.05, 3.63) is 35.4 Å². The van der Waals surface area contributed by atoms with E-state index in [9.17, 15) is 9.90 Å². The van der Waals surface area contributed by atoms with Crippen LogP contribution < -0.4 is 10.6 Å². The summed E-state index contributed by atoms with van der Waals surface area (Å²) in [6, 6.07) is 10.0. The number of hydrogen-bond donors (Lipinski definition) is 3. The summed E-state index contributed by atoms with van der Waals surface area (Å²) in [5.41, 5.74) is 1.53. The zero-order valence-corrected chi connectivity index (χ0v) is 12.5. The number of carbonyl (C=O) groups is 1. The van der Waals surface area contributed by atoms with Gasteiger partial charge in [0, 0.05) is 24.7 Å². The van der Waals surface area contributed by atoms with Gasteiger partial charge >= 0.3 is 5.97 Å². The molecule has 0 radical (unpaired) electrons. The minimum absolute atomic E-state index is 0.219. The van der Waals surface area contributed by atoms with E-state index in [-0.39, 0.29) is 6.04 Å². The normalized spacial score (nSPS) is 20.1. The quantitative estimate of drug-likeness (QED) is 0.681. The fourth-order valence-electron chi connectivity index (χ4n) is 2.64. The van der Waals surface area contributed by atoms with Crippen molar-refractivity contribution >= 4 is 5.97 Å². The van der Waals surface area contributed by atoms with Gasteiger partial charge in [0.05, 0.1) is 17.6 Å². The number of aliphatic carboxylic acids is 1. The van der Waals surface area contributed by atoms with Crippen LogP contribution in [-0.2, 0) is 4.79 Å². The van der Waals surface area contributed by atoms with E-state index in [1.165, 1.54) is 0 Å². The largest absolute Gasteiger partial charge is 0.481 e. The number of nitriles is 1. The van der Waals surface area contributed by atoms with Crippen LogP contribution in [0.15, 0.2) is 24.3 Å². The van der Waals surface area contributed by atoms with Gasteiger partial charge in [0.15, 0.2) is 0 Å².